The van der Waals surface area contributed by atoms with E-state index in [1.807, 2.05) is 18.2 Å². The monoisotopic (exact) mass is 573 g/mol. The Balaban J connectivity index is 1.89. The molecule has 0 aliphatic carbocycles. The zero-order chi connectivity index (χ0) is 23.5. The van der Waals surface area contributed by atoms with Gasteiger partial charge >= 0.3 is 215 Å². The van der Waals surface area contributed by atoms with Crippen molar-refractivity contribution in [2.75, 3.05) is 5.33 Å². The van der Waals surface area contributed by atoms with Crippen LogP contribution in [-0.2, 0) is 11.4 Å². The third-order valence-corrected chi connectivity index (χ3v) is 16.7. The molecule has 0 aliphatic heterocycles. The van der Waals surface area contributed by atoms with E-state index in [4.69, 9.17) is 9.99 Å². The molecule has 0 spiro atoms. The van der Waals surface area contributed by atoms with Crippen LogP contribution in [0.2, 0.25) is 0 Å². The molecule has 0 fully saturated rings. The van der Waals surface area contributed by atoms with Gasteiger partial charge in [0, 0.05) is 0 Å². The molecule has 2 nitrogen and oxygen atoms in total. The van der Waals surface area contributed by atoms with E-state index in [0.29, 0.717) is 6.61 Å². The molecule has 0 unspecified atom stereocenters. The SMILES string of the molecule is BrCCCC/[C](=N/OCc1ccccc1)[Ge]([c]1ccccc1)([c]1ccccc1)[c]1ccccc1. The van der Waals surface area contributed by atoms with Gasteiger partial charge in [0.2, 0.25) is 0 Å². The van der Waals surface area contributed by atoms with E-state index >= 15 is 0 Å². The number of unbranched alkanes of at least 4 members (excludes halogenated alkanes) is 1. The fourth-order valence-corrected chi connectivity index (χ4v) is 15.0. The van der Waals surface area contributed by atoms with E-state index in [9.17, 15) is 0 Å². The predicted octanol–water partition coefficient (Wildman–Crippen LogP) is 5.83. The topological polar surface area (TPSA) is 21.6 Å². The van der Waals surface area contributed by atoms with E-state index in [-0.39, 0.29) is 0 Å². The Bertz CT molecular complexity index is 1050. The van der Waals surface area contributed by atoms with Crippen LogP contribution in [0.4, 0.5) is 0 Å². The Labute approximate surface area is 214 Å². The molecule has 4 aromatic rings. The summed E-state index contributed by atoms with van der Waals surface area (Å²) in [5.74, 6) is 0. The van der Waals surface area contributed by atoms with E-state index in [1.54, 1.807) is 0 Å². The van der Waals surface area contributed by atoms with E-state index in [0.717, 1.165) is 30.2 Å². The first-order valence-electron chi connectivity index (χ1n) is 11.8. The van der Waals surface area contributed by atoms with Crippen molar-refractivity contribution in [1.82, 2.24) is 0 Å². The first-order valence-corrected chi connectivity index (χ1v) is 17.1. The number of benzene rings is 4. The Kier molecular flexibility index (Phi) is 9.17. The molecule has 0 N–H and O–H groups in total. The Hall–Kier alpha value is -2.63. The normalized spacial score (nSPS) is 11.9. The van der Waals surface area contributed by atoms with Crippen LogP contribution in [0.25, 0.3) is 0 Å². The summed E-state index contributed by atoms with van der Waals surface area (Å²) in [6.45, 7) is 0.472. The van der Waals surface area contributed by atoms with Crippen molar-refractivity contribution in [3.05, 3.63) is 127 Å². The average Bonchev–Trinajstić information content (AvgIpc) is 2.91. The van der Waals surface area contributed by atoms with Crippen LogP contribution in [0.5, 0.6) is 0 Å². The summed E-state index contributed by atoms with van der Waals surface area (Å²) in [5.41, 5.74) is 1.13. The van der Waals surface area contributed by atoms with Crippen molar-refractivity contribution in [2.24, 2.45) is 5.16 Å². The van der Waals surface area contributed by atoms with Crippen LogP contribution in [0, 0.1) is 0 Å². The van der Waals surface area contributed by atoms with Crippen LogP contribution >= 0.6 is 15.9 Å². The maximum atomic E-state index is 6.11. The molecular formula is C30H30BrGeNO. The van der Waals surface area contributed by atoms with Crippen molar-refractivity contribution in [3.63, 3.8) is 0 Å². The second kappa shape index (κ2) is 12.7. The van der Waals surface area contributed by atoms with Gasteiger partial charge in [-0.1, -0.05) is 0 Å². The average molecular weight is 573 g/mol. The molecule has 34 heavy (non-hydrogen) atoms. The van der Waals surface area contributed by atoms with Crippen molar-refractivity contribution < 1.29 is 4.84 Å². The molecule has 4 rings (SSSR count). The van der Waals surface area contributed by atoms with Crippen molar-refractivity contribution in [2.45, 2.75) is 25.9 Å². The van der Waals surface area contributed by atoms with Gasteiger partial charge in [-0.3, -0.25) is 0 Å². The number of halogens is 1. The van der Waals surface area contributed by atoms with Crippen molar-refractivity contribution in [3.8, 4) is 0 Å². The second-order valence-corrected chi connectivity index (χ2v) is 17.1. The summed E-state index contributed by atoms with van der Waals surface area (Å²) in [6.07, 6.45) is 3.09. The Morgan fingerprint density at radius 2 is 1.06 bits per heavy atom. The predicted molar refractivity (Wildman–Crippen MR) is 150 cm³/mol. The van der Waals surface area contributed by atoms with Gasteiger partial charge in [0.15, 0.2) is 0 Å². The molecule has 0 aliphatic rings. The molecule has 0 radical (unpaired) electrons. The number of hydrogen-bond acceptors (Lipinski definition) is 2. The molecule has 4 aromatic carbocycles. The van der Waals surface area contributed by atoms with E-state index < -0.39 is 13.3 Å². The summed E-state index contributed by atoms with van der Waals surface area (Å²) in [7, 11) is 0. The number of rotatable bonds is 11. The molecule has 0 saturated heterocycles. The standard InChI is InChI=1S/C30H30BrGeNO/c31-24-14-13-23-30(33-34-25-26-15-5-1-6-16-26)32(27-17-7-2-8-18-27,28-19-9-3-10-20-28)29-21-11-4-12-22-29/h1-12,15-22H,13-14,23-25H2/b33-30-. The number of alkyl halides is 1. The first kappa shape index (κ1) is 24.5. The fourth-order valence-electron chi connectivity index (χ4n) is 4.51. The molecule has 0 aromatic heterocycles. The molecule has 0 saturated carbocycles. The number of hydrogen-bond donors (Lipinski definition) is 0. The molecule has 0 atom stereocenters. The van der Waals surface area contributed by atoms with Crippen LogP contribution in [0.15, 0.2) is 126 Å². The maximum absolute atomic E-state index is 6.11. The van der Waals surface area contributed by atoms with Gasteiger partial charge in [0.05, 0.1) is 0 Å². The third-order valence-electron chi connectivity index (χ3n) is 6.10. The van der Waals surface area contributed by atoms with Gasteiger partial charge in [-0.15, -0.1) is 0 Å². The molecule has 0 heterocycles. The summed E-state index contributed by atoms with van der Waals surface area (Å²) in [5, 5.41) is 5.97. The second-order valence-electron chi connectivity index (χ2n) is 8.29. The summed E-state index contributed by atoms with van der Waals surface area (Å²) in [4.78, 5) is 6.11. The van der Waals surface area contributed by atoms with Crippen LogP contribution in [0.3, 0.4) is 0 Å². The molecule has 4 heteroatoms. The van der Waals surface area contributed by atoms with Crippen molar-refractivity contribution in [1.29, 1.82) is 0 Å². The number of oxime groups is 1. The van der Waals surface area contributed by atoms with E-state index in [1.165, 1.54) is 17.7 Å². The molecule has 172 valence electrons. The van der Waals surface area contributed by atoms with Crippen LogP contribution in [-0.4, -0.2) is 23.1 Å². The van der Waals surface area contributed by atoms with Gasteiger partial charge in [-0.05, 0) is 0 Å². The van der Waals surface area contributed by atoms with Gasteiger partial charge < -0.3 is 0 Å². The molecule has 0 bridgehead atoms. The van der Waals surface area contributed by atoms with Crippen LogP contribution in [0.1, 0.15) is 24.8 Å². The van der Waals surface area contributed by atoms with Gasteiger partial charge in [-0.25, -0.2) is 0 Å². The third kappa shape index (κ3) is 5.71. The first-order chi connectivity index (χ1) is 16.9. The molecule has 0 amide bonds. The van der Waals surface area contributed by atoms with Gasteiger partial charge in [0.25, 0.3) is 0 Å². The van der Waals surface area contributed by atoms with Gasteiger partial charge in [-0.2, -0.15) is 0 Å². The Morgan fingerprint density at radius 3 is 1.50 bits per heavy atom. The minimum absolute atomic E-state index is 0.472. The van der Waals surface area contributed by atoms with Crippen LogP contribution < -0.4 is 13.2 Å². The molecular weight excluding hydrogens is 543 g/mol. The minimum atomic E-state index is -3.36. The zero-order valence-electron chi connectivity index (χ0n) is 19.3. The van der Waals surface area contributed by atoms with E-state index in [2.05, 4.69) is 119 Å². The number of nitrogens with zero attached hydrogens (tertiary/aromatic N) is 1. The summed E-state index contributed by atoms with van der Waals surface area (Å²) < 4.78 is 5.34. The van der Waals surface area contributed by atoms with Gasteiger partial charge in [0.1, 0.15) is 0 Å². The zero-order valence-corrected chi connectivity index (χ0v) is 23.0. The fraction of sp³-hybridized carbons (Fsp3) is 0.167. The summed E-state index contributed by atoms with van der Waals surface area (Å²) in [6, 6.07) is 43.2. The quantitative estimate of drug-likeness (QED) is 0.0728. The summed E-state index contributed by atoms with van der Waals surface area (Å²) >= 11 is 0.251. The Morgan fingerprint density at radius 1 is 0.618 bits per heavy atom. The van der Waals surface area contributed by atoms with Crippen molar-refractivity contribution >= 4 is 46.9 Å².